The fourth-order valence-corrected chi connectivity index (χ4v) is 3.32. The first-order chi connectivity index (χ1) is 8.34. The zero-order chi connectivity index (χ0) is 13.5. The van der Waals surface area contributed by atoms with Crippen LogP contribution in [0.1, 0.15) is 6.42 Å². The van der Waals surface area contributed by atoms with Gasteiger partial charge in [0.1, 0.15) is 4.90 Å². The van der Waals surface area contributed by atoms with E-state index >= 15 is 0 Å². The molecule has 1 saturated heterocycles. The lowest BCUT2D eigenvalue weighted by Gasteiger charge is -2.16. The van der Waals surface area contributed by atoms with Crippen LogP contribution in [-0.2, 0) is 10.0 Å². The van der Waals surface area contributed by atoms with Crippen molar-refractivity contribution in [2.45, 2.75) is 17.4 Å². The van der Waals surface area contributed by atoms with Gasteiger partial charge >= 0.3 is 0 Å². The Morgan fingerprint density at radius 2 is 1.89 bits per heavy atom. The Hall–Kier alpha value is -1.12. The molecule has 0 saturated carbocycles. The molecule has 0 spiro atoms. The lowest BCUT2D eigenvalue weighted by molar-refractivity contribution is 0.189. The van der Waals surface area contributed by atoms with Crippen LogP contribution in [-0.4, -0.2) is 37.0 Å². The highest BCUT2D eigenvalue weighted by Gasteiger charge is 2.34. The van der Waals surface area contributed by atoms with Crippen LogP contribution >= 0.6 is 0 Å². The Morgan fingerprint density at radius 3 is 2.44 bits per heavy atom. The van der Waals surface area contributed by atoms with Crippen LogP contribution in [0.25, 0.3) is 0 Å². The van der Waals surface area contributed by atoms with Crippen molar-refractivity contribution in [2.75, 3.05) is 13.1 Å². The van der Waals surface area contributed by atoms with E-state index in [1.54, 1.807) is 0 Å². The molecular weight excluding hydrogens is 271 g/mol. The maximum absolute atomic E-state index is 13.4. The molecule has 0 radical (unpaired) electrons. The third-order valence-electron chi connectivity index (χ3n) is 2.74. The Morgan fingerprint density at radius 1 is 1.22 bits per heavy atom. The lowest BCUT2D eigenvalue weighted by Crippen LogP contribution is -2.30. The van der Waals surface area contributed by atoms with Gasteiger partial charge in [0.2, 0.25) is 10.0 Å². The molecule has 1 aliphatic rings. The second kappa shape index (κ2) is 4.52. The molecule has 0 aromatic heterocycles. The summed E-state index contributed by atoms with van der Waals surface area (Å²) in [6.45, 7) is -0.164. The van der Waals surface area contributed by atoms with Crippen molar-refractivity contribution in [3.8, 4) is 0 Å². The van der Waals surface area contributed by atoms with Gasteiger partial charge in [0.05, 0.1) is 6.10 Å². The highest BCUT2D eigenvalue weighted by atomic mass is 32.2. The number of β-amino-alcohol motifs (C(OH)–C–C–N with tert-alkyl or cyclic N) is 1. The van der Waals surface area contributed by atoms with Crippen molar-refractivity contribution in [1.29, 1.82) is 0 Å². The van der Waals surface area contributed by atoms with Crippen LogP contribution in [0.4, 0.5) is 13.2 Å². The molecular formula is C10H10F3NO3S. The van der Waals surface area contributed by atoms with Crippen molar-refractivity contribution >= 4 is 10.0 Å². The minimum absolute atomic E-state index is 0.0158. The van der Waals surface area contributed by atoms with Gasteiger partial charge in [0.25, 0.3) is 0 Å². The number of aliphatic hydroxyl groups is 1. The van der Waals surface area contributed by atoms with E-state index in [-0.39, 0.29) is 19.5 Å². The highest BCUT2D eigenvalue weighted by Crippen LogP contribution is 2.25. The van der Waals surface area contributed by atoms with Crippen LogP contribution < -0.4 is 0 Å². The Balaban J connectivity index is 2.45. The fourth-order valence-electron chi connectivity index (χ4n) is 1.78. The highest BCUT2D eigenvalue weighted by molar-refractivity contribution is 7.89. The molecule has 1 atom stereocenters. The van der Waals surface area contributed by atoms with Gasteiger partial charge in [-0.05, 0) is 18.6 Å². The molecule has 0 aliphatic carbocycles. The second-order valence-corrected chi connectivity index (χ2v) is 5.89. The summed E-state index contributed by atoms with van der Waals surface area (Å²) < 4.78 is 63.9. The van der Waals surface area contributed by atoms with Crippen LogP contribution in [0.15, 0.2) is 17.0 Å². The van der Waals surface area contributed by atoms with Gasteiger partial charge in [0, 0.05) is 13.1 Å². The quantitative estimate of drug-likeness (QED) is 0.818. The summed E-state index contributed by atoms with van der Waals surface area (Å²) in [4.78, 5) is -0.921. The summed E-state index contributed by atoms with van der Waals surface area (Å²) in [6.07, 6.45) is -0.599. The van der Waals surface area contributed by atoms with Gasteiger partial charge < -0.3 is 5.11 Å². The summed E-state index contributed by atoms with van der Waals surface area (Å²) in [5.41, 5.74) is 0. The molecule has 0 amide bonds. The number of sulfonamides is 1. The minimum Gasteiger partial charge on any atom is -0.392 e. The molecule has 1 aliphatic heterocycles. The third kappa shape index (κ3) is 2.11. The van der Waals surface area contributed by atoms with Crippen LogP contribution in [0.5, 0.6) is 0 Å². The van der Waals surface area contributed by atoms with Crippen LogP contribution in [0, 0.1) is 17.5 Å². The fraction of sp³-hybridized carbons (Fsp3) is 0.400. The Bertz CT molecular complexity index is 576. The molecule has 1 N–H and O–H groups in total. The third-order valence-corrected chi connectivity index (χ3v) is 4.63. The van der Waals surface area contributed by atoms with Crippen molar-refractivity contribution in [3.05, 3.63) is 29.6 Å². The molecule has 1 aromatic carbocycles. The van der Waals surface area contributed by atoms with Gasteiger partial charge in [-0.1, -0.05) is 0 Å². The number of aliphatic hydroxyl groups excluding tert-OH is 1. The van der Waals surface area contributed by atoms with Gasteiger partial charge in [-0.15, -0.1) is 0 Å². The maximum Gasteiger partial charge on any atom is 0.246 e. The molecule has 18 heavy (non-hydrogen) atoms. The first-order valence-electron chi connectivity index (χ1n) is 5.15. The second-order valence-electron chi connectivity index (χ2n) is 3.98. The first-order valence-corrected chi connectivity index (χ1v) is 6.59. The molecule has 0 unspecified atom stereocenters. The number of hydrogen-bond acceptors (Lipinski definition) is 3. The number of rotatable bonds is 2. The SMILES string of the molecule is O=S(=O)(c1ccc(F)c(F)c1F)N1CC[C@@H](O)C1. The summed E-state index contributed by atoms with van der Waals surface area (Å²) in [5.74, 6) is -5.01. The lowest BCUT2D eigenvalue weighted by atomic mass is 10.3. The number of halogens is 3. The van der Waals surface area contributed by atoms with E-state index in [1.165, 1.54) is 0 Å². The average Bonchev–Trinajstić information content (AvgIpc) is 2.73. The van der Waals surface area contributed by atoms with E-state index < -0.39 is 38.5 Å². The molecule has 8 heteroatoms. The standard InChI is InChI=1S/C10H10F3NO3S/c11-7-1-2-8(10(13)9(7)12)18(16,17)14-4-3-6(15)5-14/h1-2,6,15H,3-5H2/t6-/m1/s1. The molecule has 1 heterocycles. The Labute approximate surface area is 102 Å². The summed E-state index contributed by atoms with van der Waals surface area (Å²) in [6, 6.07) is 1.23. The Kier molecular flexibility index (Phi) is 3.35. The number of hydrogen-bond donors (Lipinski definition) is 1. The number of benzene rings is 1. The summed E-state index contributed by atoms with van der Waals surface area (Å²) in [5, 5.41) is 9.24. The van der Waals surface area contributed by atoms with E-state index in [0.29, 0.717) is 12.1 Å². The minimum atomic E-state index is -4.25. The molecule has 100 valence electrons. The molecule has 0 bridgehead atoms. The molecule has 2 rings (SSSR count). The summed E-state index contributed by atoms with van der Waals surface area (Å²) >= 11 is 0. The monoisotopic (exact) mass is 281 g/mol. The summed E-state index contributed by atoms with van der Waals surface area (Å²) in [7, 11) is -4.25. The van der Waals surface area contributed by atoms with Crippen molar-refractivity contribution in [3.63, 3.8) is 0 Å². The smallest absolute Gasteiger partial charge is 0.246 e. The maximum atomic E-state index is 13.4. The van der Waals surface area contributed by atoms with Gasteiger partial charge in [-0.3, -0.25) is 0 Å². The van der Waals surface area contributed by atoms with E-state index in [4.69, 9.17) is 0 Å². The van der Waals surface area contributed by atoms with Gasteiger partial charge in [-0.2, -0.15) is 4.31 Å². The van der Waals surface area contributed by atoms with E-state index in [9.17, 15) is 26.7 Å². The van der Waals surface area contributed by atoms with E-state index in [1.807, 2.05) is 0 Å². The molecule has 1 fully saturated rings. The van der Waals surface area contributed by atoms with Gasteiger partial charge in [-0.25, -0.2) is 21.6 Å². The van der Waals surface area contributed by atoms with E-state index in [2.05, 4.69) is 0 Å². The average molecular weight is 281 g/mol. The van der Waals surface area contributed by atoms with Crippen LogP contribution in [0.2, 0.25) is 0 Å². The largest absolute Gasteiger partial charge is 0.392 e. The predicted octanol–water partition coefficient (Wildman–Crippen LogP) is 0.859. The van der Waals surface area contributed by atoms with Gasteiger partial charge in [0.15, 0.2) is 17.5 Å². The van der Waals surface area contributed by atoms with Crippen molar-refractivity contribution in [2.24, 2.45) is 0 Å². The predicted molar refractivity (Wildman–Crippen MR) is 55.7 cm³/mol. The topological polar surface area (TPSA) is 57.6 Å². The normalized spacial score (nSPS) is 21.4. The first kappa shape index (κ1) is 13.3. The molecule has 4 nitrogen and oxygen atoms in total. The van der Waals surface area contributed by atoms with E-state index in [0.717, 1.165) is 4.31 Å². The number of nitrogens with zero attached hydrogens (tertiary/aromatic N) is 1. The van der Waals surface area contributed by atoms with Crippen molar-refractivity contribution < 1.29 is 26.7 Å². The van der Waals surface area contributed by atoms with Crippen molar-refractivity contribution in [1.82, 2.24) is 4.31 Å². The molecule has 1 aromatic rings. The zero-order valence-electron chi connectivity index (χ0n) is 9.11. The zero-order valence-corrected chi connectivity index (χ0v) is 9.92. The van der Waals surface area contributed by atoms with Crippen LogP contribution in [0.3, 0.4) is 0 Å².